The fraction of sp³-hybridized carbons (Fsp3) is 0.350. The maximum absolute atomic E-state index is 12.8. The van der Waals surface area contributed by atoms with E-state index in [-0.39, 0.29) is 24.0 Å². The van der Waals surface area contributed by atoms with Crippen LogP contribution < -0.4 is 5.32 Å². The summed E-state index contributed by atoms with van der Waals surface area (Å²) >= 11 is 5.83. The molecule has 2 rings (SSSR count). The molecule has 27 heavy (non-hydrogen) atoms. The summed E-state index contributed by atoms with van der Waals surface area (Å²) in [5.41, 5.74) is 2.93. The molecule has 0 bridgehead atoms. The van der Waals surface area contributed by atoms with Gasteiger partial charge in [0.15, 0.2) is 11.6 Å². The first-order chi connectivity index (χ1) is 12.6. The van der Waals surface area contributed by atoms with Gasteiger partial charge in [-0.05, 0) is 64.6 Å². The molecule has 0 saturated heterocycles. The molecule has 7 heteroatoms. The van der Waals surface area contributed by atoms with Gasteiger partial charge in [-0.2, -0.15) is 0 Å². The minimum Gasteiger partial charge on any atom is -0.355 e. The van der Waals surface area contributed by atoms with Crippen molar-refractivity contribution in [3.8, 4) is 0 Å². The molecule has 0 unspecified atom stereocenters. The van der Waals surface area contributed by atoms with Crippen LogP contribution in [-0.4, -0.2) is 47.0 Å². The largest absolute Gasteiger partial charge is 0.355 e. The third-order valence-corrected chi connectivity index (χ3v) is 4.85. The fourth-order valence-electron chi connectivity index (χ4n) is 3.03. The predicted octanol–water partition coefficient (Wildman–Crippen LogP) is 3.63. The van der Waals surface area contributed by atoms with Crippen molar-refractivity contribution in [2.75, 3.05) is 18.9 Å². The van der Waals surface area contributed by atoms with Crippen LogP contribution >= 0.6 is 11.6 Å². The molecule has 0 spiro atoms. The Morgan fingerprint density at radius 1 is 1.19 bits per heavy atom. The number of halogens is 1. The van der Waals surface area contributed by atoms with E-state index in [0.29, 0.717) is 33.2 Å². The molecule has 0 fully saturated rings. The van der Waals surface area contributed by atoms with Crippen molar-refractivity contribution < 1.29 is 14.4 Å². The Kier molecular flexibility index (Phi) is 6.57. The number of rotatable bonds is 7. The molecule has 0 radical (unpaired) electrons. The predicted molar refractivity (Wildman–Crippen MR) is 107 cm³/mol. The highest BCUT2D eigenvalue weighted by atomic mass is 35.5. The molecule has 0 saturated carbocycles. The van der Waals surface area contributed by atoms with E-state index in [0.717, 1.165) is 0 Å². The fourth-order valence-corrected chi connectivity index (χ4v) is 3.16. The molecule has 1 amide bonds. The first kappa shape index (κ1) is 20.9. The lowest BCUT2D eigenvalue weighted by Gasteiger charge is -2.23. The van der Waals surface area contributed by atoms with Crippen molar-refractivity contribution >= 4 is 34.8 Å². The van der Waals surface area contributed by atoms with Crippen LogP contribution in [0.2, 0.25) is 5.02 Å². The van der Waals surface area contributed by atoms with E-state index in [9.17, 15) is 14.4 Å². The van der Waals surface area contributed by atoms with Gasteiger partial charge in [0.25, 0.3) is 0 Å². The van der Waals surface area contributed by atoms with Gasteiger partial charge in [-0.3, -0.25) is 19.3 Å². The first-order valence-corrected chi connectivity index (χ1v) is 8.99. The highest BCUT2D eigenvalue weighted by molar-refractivity contribution is 6.30. The second-order valence-electron chi connectivity index (χ2n) is 6.69. The van der Waals surface area contributed by atoms with Crippen molar-refractivity contribution in [3.63, 3.8) is 0 Å². The number of aromatic amines is 1. The first-order valence-electron chi connectivity index (χ1n) is 8.61. The summed E-state index contributed by atoms with van der Waals surface area (Å²) in [5.74, 6) is -0.475. The van der Waals surface area contributed by atoms with Gasteiger partial charge < -0.3 is 10.3 Å². The van der Waals surface area contributed by atoms with Crippen molar-refractivity contribution in [2.45, 2.75) is 33.7 Å². The van der Waals surface area contributed by atoms with Gasteiger partial charge in [0.1, 0.15) is 0 Å². The monoisotopic (exact) mass is 389 g/mol. The standard InChI is InChI=1S/C20H24ClN3O3/c1-11-18(14(4)25)12(2)22-19(11)20(27)13(3)24(5)10-17(26)23-16-8-6-15(21)7-9-16/h6-9,13,22H,10H2,1-5H3,(H,23,26)/t13-/m1/s1. The summed E-state index contributed by atoms with van der Waals surface area (Å²) in [6.45, 7) is 6.80. The lowest BCUT2D eigenvalue weighted by Crippen LogP contribution is -2.41. The highest BCUT2D eigenvalue weighted by Crippen LogP contribution is 2.21. The maximum Gasteiger partial charge on any atom is 0.238 e. The van der Waals surface area contributed by atoms with Gasteiger partial charge >= 0.3 is 0 Å². The second kappa shape index (κ2) is 8.50. The summed E-state index contributed by atoms with van der Waals surface area (Å²) in [5, 5.41) is 3.36. The van der Waals surface area contributed by atoms with Crippen molar-refractivity contribution in [3.05, 3.63) is 51.8 Å². The summed E-state index contributed by atoms with van der Waals surface area (Å²) in [6.07, 6.45) is 0. The Balaban J connectivity index is 2.06. The zero-order valence-electron chi connectivity index (χ0n) is 16.1. The molecule has 0 aliphatic heterocycles. The minimum absolute atomic E-state index is 0.0494. The van der Waals surface area contributed by atoms with Crippen LogP contribution in [0.5, 0.6) is 0 Å². The Labute approximate surface area is 163 Å². The number of likely N-dealkylation sites (N-methyl/N-ethyl adjacent to an activating group) is 1. The van der Waals surface area contributed by atoms with Crippen molar-refractivity contribution in [1.29, 1.82) is 0 Å². The van der Waals surface area contributed by atoms with Crippen LogP contribution in [0.4, 0.5) is 5.69 Å². The zero-order valence-corrected chi connectivity index (χ0v) is 16.9. The topological polar surface area (TPSA) is 82.3 Å². The highest BCUT2D eigenvalue weighted by Gasteiger charge is 2.26. The number of anilines is 1. The number of carbonyl (C=O) groups excluding carboxylic acids is 3. The summed E-state index contributed by atoms with van der Waals surface area (Å²) in [6, 6.07) is 6.27. The van der Waals surface area contributed by atoms with Gasteiger partial charge in [0.05, 0.1) is 18.3 Å². The third kappa shape index (κ3) is 4.84. The summed E-state index contributed by atoms with van der Waals surface area (Å²) < 4.78 is 0. The molecule has 1 aromatic carbocycles. The van der Waals surface area contributed by atoms with Gasteiger partial charge in [-0.15, -0.1) is 0 Å². The molecule has 2 N–H and O–H groups in total. The molecular formula is C20H24ClN3O3. The molecule has 1 heterocycles. The van der Waals surface area contributed by atoms with Crippen LogP contribution in [0, 0.1) is 13.8 Å². The smallest absolute Gasteiger partial charge is 0.238 e. The van der Waals surface area contributed by atoms with E-state index in [1.165, 1.54) is 6.92 Å². The van der Waals surface area contributed by atoms with Gasteiger partial charge in [0, 0.05) is 22.0 Å². The maximum atomic E-state index is 12.8. The van der Waals surface area contributed by atoms with Gasteiger partial charge in [-0.25, -0.2) is 0 Å². The van der Waals surface area contributed by atoms with E-state index in [1.54, 1.807) is 57.0 Å². The summed E-state index contributed by atoms with van der Waals surface area (Å²) in [7, 11) is 1.71. The number of aryl methyl sites for hydroxylation is 1. The molecular weight excluding hydrogens is 366 g/mol. The Bertz CT molecular complexity index is 871. The number of Topliss-reactive ketones (excluding diaryl/α,β-unsaturated/α-hetero) is 2. The number of nitrogens with zero attached hydrogens (tertiary/aromatic N) is 1. The van der Waals surface area contributed by atoms with Crippen LogP contribution in [0.1, 0.15) is 46.0 Å². The Morgan fingerprint density at radius 3 is 2.30 bits per heavy atom. The van der Waals surface area contributed by atoms with E-state index in [4.69, 9.17) is 11.6 Å². The molecule has 1 aromatic heterocycles. The quantitative estimate of drug-likeness (QED) is 0.708. The number of hydrogen-bond donors (Lipinski definition) is 2. The van der Waals surface area contributed by atoms with Crippen molar-refractivity contribution in [2.24, 2.45) is 0 Å². The second-order valence-corrected chi connectivity index (χ2v) is 7.13. The number of nitrogens with one attached hydrogen (secondary N) is 2. The Morgan fingerprint density at radius 2 is 1.78 bits per heavy atom. The van der Waals surface area contributed by atoms with E-state index < -0.39 is 6.04 Å². The van der Waals surface area contributed by atoms with Crippen LogP contribution in [0.15, 0.2) is 24.3 Å². The zero-order chi connectivity index (χ0) is 20.3. The Hall–Kier alpha value is -2.44. The number of H-pyrrole nitrogens is 1. The average molecular weight is 390 g/mol. The van der Waals surface area contributed by atoms with E-state index in [1.807, 2.05) is 0 Å². The SMILES string of the molecule is CC(=O)c1c(C)[nH]c(C(=O)[C@@H](C)N(C)CC(=O)Nc2ccc(Cl)cc2)c1C. The number of aromatic nitrogens is 1. The van der Waals surface area contributed by atoms with Gasteiger partial charge in [0.2, 0.25) is 5.91 Å². The molecule has 6 nitrogen and oxygen atoms in total. The summed E-state index contributed by atoms with van der Waals surface area (Å²) in [4.78, 5) is 41.5. The molecule has 1 atom stereocenters. The number of benzene rings is 1. The number of ketones is 2. The molecule has 144 valence electrons. The number of carbonyl (C=O) groups is 3. The van der Waals surface area contributed by atoms with Gasteiger partial charge in [-0.1, -0.05) is 11.6 Å². The molecule has 2 aromatic rings. The molecule has 0 aliphatic rings. The third-order valence-electron chi connectivity index (χ3n) is 4.60. The normalized spacial score (nSPS) is 12.1. The minimum atomic E-state index is -0.530. The van der Waals surface area contributed by atoms with E-state index in [2.05, 4.69) is 10.3 Å². The van der Waals surface area contributed by atoms with Crippen molar-refractivity contribution in [1.82, 2.24) is 9.88 Å². The lowest BCUT2D eigenvalue weighted by atomic mass is 10.0. The number of hydrogen-bond acceptors (Lipinski definition) is 4. The average Bonchev–Trinajstić information content (AvgIpc) is 2.90. The molecule has 0 aliphatic carbocycles. The van der Waals surface area contributed by atoms with Crippen LogP contribution in [0.25, 0.3) is 0 Å². The van der Waals surface area contributed by atoms with E-state index >= 15 is 0 Å². The van der Waals surface area contributed by atoms with Crippen LogP contribution in [-0.2, 0) is 4.79 Å². The lowest BCUT2D eigenvalue weighted by molar-refractivity contribution is -0.117. The number of amides is 1. The van der Waals surface area contributed by atoms with Crippen LogP contribution in [0.3, 0.4) is 0 Å².